The number of nitrogens with one attached hydrogen (secondary N) is 1. The molecule has 0 saturated heterocycles. The van der Waals surface area contributed by atoms with Crippen LogP contribution < -0.4 is 16.0 Å². The van der Waals surface area contributed by atoms with E-state index in [-0.39, 0.29) is 22.5 Å². The number of aromatic amines is 1. The highest BCUT2D eigenvalue weighted by Gasteiger charge is 2.00. The van der Waals surface area contributed by atoms with Crippen LogP contribution in [-0.2, 0) is 0 Å². The lowest BCUT2D eigenvalue weighted by atomic mass is 10.1. The van der Waals surface area contributed by atoms with Crippen LogP contribution >= 0.6 is 17.0 Å². The third kappa shape index (κ3) is 4.50. The summed E-state index contributed by atoms with van der Waals surface area (Å²) in [6.07, 6.45) is 0.837. The quantitative estimate of drug-likeness (QED) is 0.820. The van der Waals surface area contributed by atoms with Crippen LogP contribution in [0.5, 0.6) is 5.75 Å². The second kappa shape index (κ2) is 7.70. The second-order valence-electron chi connectivity index (χ2n) is 3.82. The first-order valence-electron chi connectivity index (χ1n) is 5.78. The van der Waals surface area contributed by atoms with Gasteiger partial charge in [0.2, 0.25) is 0 Å². The van der Waals surface area contributed by atoms with Crippen LogP contribution in [0.3, 0.4) is 0 Å². The van der Waals surface area contributed by atoms with E-state index < -0.39 is 0 Å². The topological polar surface area (TPSA) is 81.0 Å². The zero-order valence-electron chi connectivity index (χ0n) is 10.3. The Kier molecular flexibility index (Phi) is 6.24. The number of hydrogen-bond acceptors (Lipinski definition) is 4. The molecule has 19 heavy (non-hydrogen) atoms. The number of rotatable bonds is 5. The molecule has 1 heterocycles. The van der Waals surface area contributed by atoms with E-state index in [4.69, 9.17) is 10.5 Å². The van der Waals surface area contributed by atoms with Gasteiger partial charge in [0.05, 0.1) is 12.3 Å². The van der Waals surface area contributed by atoms with Gasteiger partial charge >= 0.3 is 0 Å². The second-order valence-corrected chi connectivity index (χ2v) is 3.82. The maximum atomic E-state index is 10.9. The molecule has 0 spiro atoms. The van der Waals surface area contributed by atoms with Crippen molar-refractivity contribution >= 4 is 17.0 Å². The molecule has 0 aliphatic heterocycles. The zero-order chi connectivity index (χ0) is 12.8. The molecule has 5 nitrogen and oxygen atoms in total. The normalized spacial score (nSPS) is 9.74. The smallest absolute Gasteiger partial charge is 0.264 e. The minimum atomic E-state index is -0.208. The minimum Gasteiger partial charge on any atom is -0.494 e. The van der Waals surface area contributed by atoms with E-state index in [1.807, 2.05) is 24.3 Å². The molecule has 0 amide bonds. The molecular formula is C13H16BrN3O2. The predicted octanol–water partition coefficient (Wildman–Crippen LogP) is 1.74. The zero-order valence-corrected chi connectivity index (χ0v) is 12.0. The Balaban J connectivity index is 0.00000180. The fraction of sp³-hybridized carbons (Fsp3) is 0.231. The monoisotopic (exact) mass is 325 g/mol. The largest absolute Gasteiger partial charge is 0.494 e. The molecule has 6 heteroatoms. The maximum Gasteiger partial charge on any atom is 0.264 e. The lowest BCUT2D eigenvalue weighted by Crippen LogP contribution is -2.06. The highest BCUT2D eigenvalue weighted by Crippen LogP contribution is 2.19. The first-order valence-corrected chi connectivity index (χ1v) is 5.78. The Morgan fingerprint density at radius 1 is 1.16 bits per heavy atom. The summed E-state index contributed by atoms with van der Waals surface area (Å²) in [5.74, 6) is 0.802. The standard InChI is InChI=1S/C13H15N3O2.BrH/c14-8-1-9-18-11-4-2-10(3-5-11)12-6-7-13(17)16-15-12;/h2-7H,1,8-9,14H2,(H,16,17);1H. The molecule has 1 aromatic heterocycles. The van der Waals surface area contributed by atoms with Gasteiger partial charge in [0, 0.05) is 11.6 Å². The summed E-state index contributed by atoms with van der Waals surface area (Å²) in [7, 11) is 0. The van der Waals surface area contributed by atoms with Gasteiger partial charge in [0.25, 0.3) is 5.56 Å². The van der Waals surface area contributed by atoms with Gasteiger partial charge in [-0.25, -0.2) is 5.10 Å². The molecule has 0 fully saturated rings. The van der Waals surface area contributed by atoms with Crippen LogP contribution in [0.4, 0.5) is 0 Å². The number of halogens is 1. The van der Waals surface area contributed by atoms with Crippen LogP contribution in [0, 0.1) is 0 Å². The SMILES string of the molecule is Br.NCCCOc1ccc(-c2ccc(=O)[nH]n2)cc1. The maximum absolute atomic E-state index is 10.9. The molecule has 0 radical (unpaired) electrons. The number of ether oxygens (including phenoxy) is 1. The summed E-state index contributed by atoms with van der Waals surface area (Å²) in [6, 6.07) is 10.7. The fourth-order valence-electron chi connectivity index (χ4n) is 1.50. The van der Waals surface area contributed by atoms with Crippen molar-refractivity contribution in [3.8, 4) is 17.0 Å². The van der Waals surface area contributed by atoms with Gasteiger partial charge in [-0.05, 0) is 43.3 Å². The van der Waals surface area contributed by atoms with Crippen molar-refractivity contribution in [2.45, 2.75) is 6.42 Å². The van der Waals surface area contributed by atoms with Gasteiger partial charge in [-0.1, -0.05) is 0 Å². The van der Waals surface area contributed by atoms with Crippen molar-refractivity contribution < 1.29 is 4.74 Å². The third-order valence-corrected chi connectivity index (χ3v) is 2.45. The van der Waals surface area contributed by atoms with Crippen LogP contribution in [0.25, 0.3) is 11.3 Å². The van der Waals surface area contributed by atoms with Crippen molar-refractivity contribution in [3.63, 3.8) is 0 Å². The van der Waals surface area contributed by atoms with E-state index in [1.54, 1.807) is 6.07 Å². The van der Waals surface area contributed by atoms with Gasteiger partial charge in [0.1, 0.15) is 5.75 Å². The number of nitrogens with zero attached hydrogens (tertiary/aromatic N) is 1. The molecule has 0 unspecified atom stereocenters. The average molecular weight is 326 g/mol. The van der Waals surface area contributed by atoms with Crippen molar-refractivity contribution in [1.82, 2.24) is 10.2 Å². The molecule has 102 valence electrons. The van der Waals surface area contributed by atoms with E-state index in [0.717, 1.165) is 23.4 Å². The molecule has 0 aliphatic carbocycles. The molecule has 3 N–H and O–H groups in total. The van der Waals surface area contributed by atoms with Crippen molar-refractivity contribution in [1.29, 1.82) is 0 Å². The van der Waals surface area contributed by atoms with Gasteiger partial charge < -0.3 is 10.5 Å². The van der Waals surface area contributed by atoms with Gasteiger partial charge in [-0.2, -0.15) is 5.10 Å². The van der Waals surface area contributed by atoms with Gasteiger partial charge in [0.15, 0.2) is 0 Å². The number of H-pyrrole nitrogens is 1. The van der Waals surface area contributed by atoms with E-state index in [1.165, 1.54) is 6.07 Å². The van der Waals surface area contributed by atoms with Gasteiger partial charge in [-0.15, -0.1) is 17.0 Å². The predicted molar refractivity (Wildman–Crippen MR) is 79.8 cm³/mol. The average Bonchev–Trinajstić information content (AvgIpc) is 2.41. The van der Waals surface area contributed by atoms with E-state index in [2.05, 4.69) is 10.2 Å². The number of aromatic nitrogens is 2. The molecule has 2 aromatic rings. The Bertz CT molecular complexity index is 534. The molecule has 0 aliphatic rings. The van der Waals surface area contributed by atoms with Crippen molar-refractivity contribution in [2.75, 3.05) is 13.2 Å². The Morgan fingerprint density at radius 3 is 2.47 bits per heavy atom. The summed E-state index contributed by atoms with van der Waals surface area (Å²) in [6.45, 7) is 1.24. The highest BCUT2D eigenvalue weighted by molar-refractivity contribution is 8.93. The van der Waals surface area contributed by atoms with Crippen LogP contribution in [0.2, 0.25) is 0 Å². The molecule has 2 rings (SSSR count). The Hall–Kier alpha value is -1.66. The van der Waals surface area contributed by atoms with E-state index in [0.29, 0.717) is 13.2 Å². The summed E-state index contributed by atoms with van der Waals surface area (Å²) >= 11 is 0. The summed E-state index contributed by atoms with van der Waals surface area (Å²) in [5, 5.41) is 6.36. The first-order chi connectivity index (χ1) is 8.79. The highest BCUT2D eigenvalue weighted by atomic mass is 79.9. The van der Waals surface area contributed by atoms with Crippen molar-refractivity contribution in [3.05, 3.63) is 46.8 Å². The Morgan fingerprint density at radius 2 is 1.89 bits per heavy atom. The van der Waals surface area contributed by atoms with Crippen molar-refractivity contribution in [2.24, 2.45) is 5.73 Å². The van der Waals surface area contributed by atoms with Crippen LogP contribution in [-0.4, -0.2) is 23.3 Å². The minimum absolute atomic E-state index is 0. The van der Waals surface area contributed by atoms with Crippen LogP contribution in [0.15, 0.2) is 41.2 Å². The Labute approximate surface area is 121 Å². The first kappa shape index (κ1) is 15.4. The van der Waals surface area contributed by atoms with E-state index >= 15 is 0 Å². The molecule has 0 atom stereocenters. The number of hydrogen-bond donors (Lipinski definition) is 2. The van der Waals surface area contributed by atoms with E-state index in [9.17, 15) is 4.79 Å². The molecule has 0 saturated carbocycles. The summed E-state index contributed by atoms with van der Waals surface area (Å²) in [5.41, 5.74) is 6.83. The summed E-state index contributed by atoms with van der Waals surface area (Å²) < 4.78 is 5.50. The molecule has 1 aromatic carbocycles. The third-order valence-electron chi connectivity index (χ3n) is 2.45. The van der Waals surface area contributed by atoms with Gasteiger partial charge in [-0.3, -0.25) is 4.79 Å². The molecule has 0 bridgehead atoms. The lowest BCUT2D eigenvalue weighted by Gasteiger charge is -2.06. The lowest BCUT2D eigenvalue weighted by molar-refractivity contribution is 0.313. The fourth-order valence-corrected chi connectivity index (χ4v) is 1.50. The summed E-state index contributed by atoms with van der Waals surface area (Å²) in [4.78, 5) is 10.9. The molecular weight excluding hydrogens is 310 g/mol. The van der Waals surface area contributed by atoms with Crippen LogP contribution in [0.1, 0.15) is 6.42 Å². The number of nitrogens with two attached hydrogens (primary N) is 1. The number of benzene rings is 1.